The summed E-state index contributed by atoms with van der Waals surface area (Å²) in [5, 5.41) is 3.29. The number of nitrogens with one attached hydrogen (secondary N) is 1. The van der Waals surface area contributed by atoms with E-state index in [4.69, 9.17) is 13.5 Å². The zero-order chi connectivity index (χ0) is 20.7. The van der Waals surface area contributed by atoms with Gasteiger partial charge in [0, 0.05) is 6.42 Å². The van der Waals surface area contributed by atoms with Crippen LogP contribution in [0, 0.1) is 0 Å². The zero-order valence-corrected chi connectivity index (χ0v) is 17.9. The van der Waals surface area contributed by atoms with Crippen LogP contribution in [0.15, 0.2) is 65.1 Å². The van der Waals surface area contributed by atoms with Crippen LogP contribution in [0.3, 0.4) is 0 Å². The lowest BCUT2D eigenvalue weighted by Crippen LogP contribution is -2.18. The van der Waals surface area contributed by atoms with Crippen molar-refractivity contribution in [3.8, 4) is 0 Å². The standard InChI is InChI=1S/C22H27N2O4P/c1-4-26-29(25,27-5-2)22-21(23-17(3)19-14-10-7-11-15-19)28-20(24-22)16-18-12-8-6-9-13-18/h6-15,17,23H,4-5,16H2,1-3H3. The van der Waals surface area contributed by atoms with Gasteiger partial charge < -0.3 is 18.8 Å². The van der Waals surface area contributed by atoms with Crippen LogP contribution in [-0.2, 0) is 20.0 Å². The summed E-state index contributed by atoms with van der Waals surface area (Å²) in [5.41, 5.74) is 2.31. The molecule has 154 valence electrons. The van der Waals surface area contributed by atoms with Crippen LogP contribution in [0.25, 0.3) is 0 Å². The van der Waals surface area contributed by atoms with Gasteiger partial charge in [-0.15, -0.1) is 0 Å². The van der Waals surface area contributed by atoms with Crippen molar-refractivity contribution in [2.45, 2.75) is 33.2 Å². The summed E-state index contributed by atoms with van der Waals surface area (Å²) in [6, 6.07) is 19.7. The van der Waals surface area contributed by atoms with Crippen LogP contribution in [-0.4, -0.2) is 18.2 Å². The lowest BCUT2D eigenvalue weighted by atomic mass is 10.1. The van der Waals surface area contributed by atoms with Crippen molar-refractivity contribution in [2.24, 2.45) is 0 Å². The fourth-order valence-electron chi connectivity index (χ4n) is 3.00. The third kappa shape index (κ3) is 5.36. The second-order valence-electron chi connectivity index (χ2n) is 6.53. The topological polar surface area (TPSA) is 73.6 Å². The first-order valence-electron chi connectivity index (χ1n) is 9.80. The number of oxazole rings is 1. The Labute approximate surface area is 171 Å². The molecule has 2 aromatic carbocycles. The Kier molecular flexibility index (Phi) is 7.26. The molecular formula is C22H27N2O4P. The normalized spacial score (nSPS) is 12.7. The Bertz CT molecular complexity index is 934. The van der Waals surface area contributed by atoms with Gasteiger partial charge in [0.1, 0.15) is 0 Å². The van der Waals surface area contributed by atoms with Crippen molar-refractivity contribution >= 4 is 18.9 Å². The molecule has 6 nitrogen and oxygen atoms in total. The Morgan fingerprint density at radius 3 is 2.17 bits per heavy atom. The van der Waals surface area contributed by atoms with E-state index in [0.717, 1.165) is 11.1 Å². The molecule has 7 heteroatoms. The number of anilines is 1. The molecule has 0 amide bonds. The maximum atomic E-state index is 13.4. The van der Waals surface area contributed by atoms with E-state index in [9.17, 15) is 4.57 Å². The van der Waals surface area contributed by atoms with Gasteiger partial charge in [0.25, 0.3) is 0 Å². The van der Waals surface area contributed by atoms with Crippen LogP contribution in [0.5, 0.6) is 0 Å². The molecule has 0 aliphatic rings. The minimum Gasteiger partial charge on any atom is -0.424 e. The second kappa shape index (κ2) is 9.88. The molecule has 1 heterocycles. The molecule has 29 heavy (non-hydrogen) atoms. The number of nitrogens with zero attached hydrogens (tertiary/aromatic N) is 1. The van der Waals surface area contributed by atoms with Gasteiger partial charge in [-0.05, 0) is 31.9 Å². The highest BCUT2D eigenvalue weighted by molar-refractivity contribution is 7.62. The highest BCUT2D eigenvalue weighted by Gasteiger charge is 2.36. The third-order valence-electron chi connectivity index (χ3n) is 4.36. The Morgan fingerprint density at radius 1 is 1.00 bits per heavy atom. The fraction of sp³-hybridized carbons (Fsp3) is 0.318. The molecule has 1 N–H and O–H groups in total. The van der Waals surface area contributed by atoms with E-state index in [1.807, 2.05) is 67.6 Å². The SMILES string of the molecule is CCOP(=O)(OCC)c1nc(Cc2ccccc2)oc1NC(C)c1ccccc1. The molecule has 1 atom stereocenters. The van der Waals surface area contributed by atoms with Gasteiger partial charge in [-0.2, -0.15) is 0 Å². The number of aromatic nitrogens is 1. The Balaban J connectivity index is 1.96. The maximum absolute atomic E-state index is 13.4. The van der Waals surface area contributed by atoms with Gasteiger partial charge in [-0.1, -0.05) is 60.7 Å². The number of hydrogen-bond acceptors (Lipinski definition) is 6. The predicted molar refractivity (Wildman–Crippen MR) is 115 cm³/mol. The molecule has 3 aromatic rings. The van der Waals surface area contributed by atoms with Gasteiger partial charge in [-0.3, -0.25) is 4.57 Å². The Hall–Kier alpha value is -2.40. The highest BCUT2D eigenvalue weighted by Crippen LogP contribution is 2.49. The van der Waals surface area contributed by atoms with E-state index in [0.29, 0.717) is 18.2 Å². The molecule has 0 bridgehead atoms. The van der Waals surface area contributed by atoms with Crippen molar-refractivity contribution in [1.82, 2.24) is 4.98 Å². The Morgan fingerprint density at radius 2 is 1.59 bits per heavy atom. The molecule has 3 rings (SSSR count). The molecule has 0 radical (unpaired) electrons. The van der Waals surface area contributed by atoms with E-state index in [1.54, 1.807) is 13.8 Å². The predicted octanol–water partition coefficient (Wildman–Crippen LogP) is 5.33. The third-order valence-corrected chi connectivity index (χ3v) is 6.37. The smallest absolute Gasteiger partial charge is 0.385 e. The number of rotatable bonds is 10. The van der Waals surface area contributed by atoms with Crippen molar-refractivity contribution in [3.63, 3.8) is 0 Å². The molecule has 1 aromatic heterocycles. The molecule has 0 aliphatic carbocycles. The second-order valence-corrected chi connectivity index (χ2v) is 8.47. The maximum Gasteiger partial charge on any atom is 0.385 e. The quantitative estimate of drug-likeness (QED) is 0.452. The van der Waals surface area contributed by atoms with Crippen molar-refractivity contribution in [3.05, 3.63) is 77.7 Å². The van der Waals surface area contributed by atoms with Crippen LogP contribution >= 0.6 is 7.60 Å². The van der Waals surface area contributed by atoms with Crippen LogP contribution < -0.4 is 10.8 Å². The van der Waals surface area contributed by atoms with E-state index < -0.39 is 7.60 Å². The van der Waals surface area contributed by atoms with E-state index in [-0.39, 0.29) is 24.7 Å². The fourth-order valence-corrected chi connectivity index (χ4v) is 4.59. The summed E-state index contributed by atoms with van der Waals surface area (Å²) in [5.74, 6) is 0.770. The molecule has 0 saturated carbocycles. The minimum absolute atomic E-state index is 0.0795. The lowest BCUT2D eigenvalue weighted by molar-refractivity contribution is 0.229. The van der Waals surface area contributed by atoms with Gasteiger partial charge in [0.05, 0.1) is 19.3 Å². The molecular weight excluding hydrogens is 387 g/mol. The first kappa shape index (κ1) is 21.3. The lowest BCUT2D eigenvalue weighted by Gasteiger charge is -2.18. The molecule has 0 spiro atoms. The van der Waals surface area contributed by atoms with Gasteiger partial charge in [0.2, 0.25) is 17.2 Å². The van der Waals surface area contributed by atoms with Crippen molar-refractivity contribution < 1.29 is 18.0 Å². The monoisotopic (exact) mass is 414 g/mol. The van der Waals surface area contributed by atoms with Crippen LogP contribution in [0.2, 0.25) is 0 Å². The van der Waals surface area contributed by atoms with Crippen LogP contribution in [0.1, 0.15) is 43.8 Å². The molecule has 0 aliphatic heterocycles. The van der Waals surface area contributed by atoms with E-state index in [2.05, 4.69) is 10.3 Å². The van der Waals surface area contributed by atoms with Gasteiger partial charge in [0.15, 0.2) is 0 Å². The summed E-state index contributed by atoms with van der Waals surface area (Å²) in [4.78, 5) is 4.52. The van der Waals surface area contributed by atoms with Crippen LogP contribution in [0.4, 0.5) is 5.88 Å². The number of benzene rings is 2. The summed E-state index contributed by atoms with van der Waals surface area (Å²) in [6.07, 6.45) is 0.480. The minimum atomic E-state index is -3.61. The first-order valence-corrected chi connectivity index (χ1v) is 11.3. The zero-order valence-electron chi connectivity index (χ0n) is 17.0. The summed E-state index contributed by atoms with van der Waals surface area (Å²) in [7, 11) is -3.61. The molecule has 0 saturated heterocycles. The van der Waals surface area contributed by atoms with Crippen molar-refractivity contribution in [1.29, 1.82) is 0 Å². The summed E-state index contributed by atoms with van der Waals surface area (Å²) >= 11 is 0. The molecule has 0 fully saturated rings. The highest BCUT2D eigenvalue weighted by atomic mass is 31.2. The number of hydrogen-bond donors (Lipinski definition) is 1. The molecule has 1 unspecified atom stereocenters. The van der Waals surface area contributed by atoms with Gasteiger partial charge in [-0.25, -0.2) is 4.98 Å². The average molecular weight is 414 g/mol. The summed E-state index contributed by atoms with van der Waals surface area (Å²) < 4.78 is 30.4. The van der Waals surface area contributed by atoms with E-state index in [1.165, 1.54) is 0 Å². The van der Waals surface area contributed by atoms with Crippen molar-refractivity contribution in [2.75, 3.05) is 18.5 Å². The summed E-state index contributed by atoms with van der Waals surface area (Å²) in [6.45, 7) is 6.04. The first-order chi connectivity index (χ1) is 14.1. The largest absolute Gasteiger partial charge is 0.424 e. The van der Waals surface area contributed by atoms with E-state index >= 15 is 0 Å². The average Bonchev–Trinajstić information content (AvgIpc) is 3.12. The van der Waals surface area contributed by atoms with Gasteiger partial charge >= 0.3 is 7.60 Å².